The molecule has 2 N–H and O–H groups in total. The van der Waals surface area contributed by atoms with Crippen LogP contribution in [0, 0.1) is 7.11 Å². The van der Waals surface area contributed by atoms with Crippen molar-refractivity contribution < 1.29 is 19.7 Å². The highest BCUT2D eigenvalue weighted by molar-refractivity contribution is 5.74. The van der Waals surface area contributed by atoms with Crippen LogP contribution in [0.1, 0.15) is 5.56 Å². The first-order valence-electron chi connectivity index (χ1n) is 4.05. The van der Waals surface area contributed by atoms with Crippen molar-refractivity contribution in [1.82, 2.24) is 0 Å². The lowest BCUT2D eigenvalue weighted by molar-refractivity contribution is -0.147. The largest absolute Gasteiger partial charge is 0.508 e. The Morgan fingerprint density at radius 1 is 1.43 bits per heavy atom. The molecular formula is C10H11O4. The lowest BCUT2D eigenvalue weighted by Crippen LogP contribution is -2.23. The number of aliphatic hydroxyl groups is 1. The highest BCUT2D eigenvalue weighted by Gasteiger charge is 2.15. The summed E-state index contributed by atoms with van der Waals surface area (Å²) in [6, 6.07) is 6.21. The van der Waals surface area contributed by atoms with E-state index in [2.05, 4.69) is 11.8 Å². The number of benzene rings is 1. The van der Waals surface area contributed by atoms with E-state index >= 15 is 0 Å². The number of rotatable bonds is 3. The zero-order valence-corrected chi connectivity index (χ0v) is 7.51. The van der Waals surface area contributed by atoms with Gasteiger partial charge >= 0.3 is 5.97 Å². The first-order valence-corrected chi connectivity index (χ1v) is 4.05. The first kappa shape index (κ1) is 10.5. The van der Waals surface area contributed by atoms with Crippen LogP contribution in [-0.2, 0) is 16.0 Å². The lowest BCUT2D eigenvalue weighted by Gasteiger charge is -2.07. The number of aliphatic hydroxyl groups excluding tert-OH is 1. The molecule has 4 heteroatoms. The van der Waals surface area contributed by atoms with E-state index in [0.717, 1.165) is 5.56 Å². The Hall–Kier alpha value is -1.55. The van der Waals surface area contributed by atoms with Crippen LogP contribution in [0.4, 0.5) is 0 Å². The van der Waals surface area contributed by atoms with E-state index in [1.165, 1.54) is 12.1 Å². The van der Waals surface area contributed by atoms with Crippen LogP contribution in [0.3, 0.4) is 0 Å². The molecule has 0 aliphatic carbocycles. The SMILES string of the molecule is [CH2]OC(=O)[C@@H](O)Cc1ccc(O)cc1. The number of carbonyl (C=O) groups is 1. The molecule has 1 aromatic rings. The van der Waals surface area contributed by atoms with Gasteiger partial charge in [0.15, 0.2) is 6.10 Å². The van der Waals surface area contributed by atoms with E-state index in [1.807, 2.05) is 0 Å². The summed E-state index contributed by atoms with van der Waals surface area (Å²) < 4.78 is 4.12. The van der Waals surface area contributed by atoms with Crippen molar-refractivity contribution in [1.29, 1.82) is 0 Å². The van der Waals surface area contributed by atoms with Crippen LogP contribution in [0.25, 0.3) is 0 Å². The Labute approximate surface area is 81.8 Å². The number of aromatic hydroxyl groups is 1. The lowest BCUT2D eigenvalue weighted by atomic mass is 10.1. The number of phenolic OH excluding ortho intramolecular Hbond substituents is 1. The van der Waals surface area contributed by atoms with Gasteiger partial charge < -0.3 is 14.9 Å². The second-order valence-electron chi connectivity index (χ2n) is 2.85. The number of hydrogen-bond donors (Lipinski definition) is 2. The predicted octanol–water partition coefficient (Wildman–Crippen LogP) is 0.630. The molecule has 0 aromatic heterocycles. The zero-order chi connectivity index (χ0) is 10.6. The quantitative estimate of drug-likeness (QED) is 0.694. The van der Waals surface area contributed by atoms with Crippen molar-refractivity contribution in [3.8, 4) is 5.75 Å². The van der Waals surface area contributed by atoms with Crippen LogP contribution >= 0.6 is 0 Å². The van der Waals surface area contributed by atoms with Gasteiger partial charge in [-0.3, -0.25) is 0 Å². The molecule has 0 saturated carbocycles. The Morgan fingerprint density at radius 3 is 2.50 bits per heavy atom. The molecule has 4 nitrogen and oxygen atoms in total. The van der Waals surface area contributed by atoms with Crippen LogP contribution < -0.4 is 0 Å². The fourth-order valence-electron chi connectivity index (χ4n) is 1.03. The summed E-state index contributed by atoms with van der Waals surface area (Å²) in [4.78, 5) is 10.8. The molecule has 0 spiro atoms. The van der Waals surface area contributed by atoms with Gasteiger partial charge in [0, 0.05) is 6.42 Å². The molecule has 0 fully saturated rings. The van der Waals surface area contributed by atoms with Gasteiger partial charge in [-0.1, -0.05) is 12.1 Å². The summed E-state index contributed by atoms with van der Waals surface area (Å²) in [7, 11) is 2.91. The Morgan fingerprint density at radius 2 is 2.00 bits per heavy atom. The summed E-state index contributed by atoms with van der Waals surface area (Å²) >= 11 is 0. The Kier molecular flexibility index (Phi) is 3.48. The first-order chi connectivity index (χ1) is 6.63. The van der Waals surface area contributed by atoms with Gasteiger partial charge in [-0.25, -0.2) is 4.79 Å². The number of hydrogen-bond acceptors (Lipinski definition) is 4. The highest BCUT2D eigenvalue weighted by atomic mass is 16.5. The van der Waals surface area contributed by atoms with E-state index in [-0.39, 0.29) is 12.2 Å². The average Bonchev–Trinajstić information content (AvgIpc) is 2.20. The third kappa shape index (κ3) is 2.74. The van der Waals surface area contributed by atoms with E-state index in [9.17, 15) is 9.90 Å². The number of phenols is 1. The summed E-state index contributed by atoms with van der Waals surface area (Å²) in [5, 5.41) is 18.2. The number of esters is 1. The topological polar surface area (TPSA) is 66.8 Å². The van der Waals surface area contributed by atoms with Gasteiger partial charge in [-0.2, -0.15) is 0 Å². The fraction of sp³-hybridized carbons (Fsp3) is 0.200. The minimum Gasteiger partial charge on any atom is -0.508 e. The van der Waals surface area contributed by atoms with E-state index < -0.39 is 12.1 Å². The maximum Gasteiger partial charge on any atom is 0.335 e. The van der Waals surface area contributed by atoms with E-state index in [0.29, 0.717) is 0 Å². The van der Waals surface area contributed by atoms with Crippen molar-refractivity contribution in [2.24, 2.45) is 0 Å². The second-order valence-corrected chi connectivity index (χ2v) is 2.85. The van der Waals surface area contributed by atoms with E-state index in [1.54, 1.807) is 12.1 Å². The molecule has 0 heterocycles. The molecule has 0 aliphatic rings. The summed E-state index contributed by atoms with van der Waals surface area (Å²) in [5.74, 6) is -0.624. The molecule has 0 amide bonds. The third-order valence-electron chi connectivity index (χ3n) is 1.78. The third-order valence-corrected chi connectivity index (χ3v) is 1.78. The van der Waals surface area contributed by atoms with Gasteiger partial charge in [0.1, 0.15) is 12.9 Å². The molecular weight excluding hydrogens is 184 g/mol. The molecule has 1 atom stereocenters. The number of ether oxygens (including phenoxy) is 1. The van der Waals surface area contributed by atoms with E-state index in [4.69, 9.17) is 5.11 Å². The molecule has 0 aliphatic heterocycles. The average molecular weight is 195 g/mol. The normalized spacial score (nSPS) is 12.1. The van der Waals surface area contributed by atoms with Crippen LogP contribution in [0.2, 0.25) is 0 Å². The maximum absolute atomic E-state index is 10.8. The minimum atomic E-state index is -1.21. The summed E-state index contributed by atoms with van der Waals surface area (Å²) in [6.07, 6.45) is -1.06. The van der Waals surface area contributed by atoms with Crippen molar-refractivity contribution in [2.45, 2.75) is 12.5 Å². The van der Waals surface area contributed by atoms with Crippen molar-refractivity contribution in [3.63, 3.8) is 0 Å². The molecule has 1 radical (unpaired) electrons. The molecule has 1 rings (SSSR count). The minimum absolute atomic E-state index is 0.142. The molecule has 0 bridgehead atoms. The molecule has 75 valence electrons. The molecule has 0 saturated heterocycles. The van der Waals surface area contributed by atoms with Gasteiger partial charge in [-0.05, 0) is 17.7 Å². The predicted molar refractivity (Wildman–Crippen MR) is 49.3 cm³/mol. The molecule has 14 heavy (non-hydrogen) atoms. The van der Waals surface area contributed by atoms with Crippen molar-refractivity contribution >= 4 is 5.97 Å². The molecule has 0 unspecified atom stereocenters. The molecule has 1 aromatic carbocycles. The van der Waals surface area contributed by atoms with Gasteiger partial charge in [0.05, 0.1) is 0 Å². The Balaban J connectivity index is 2.60. The Bertz CT molecular complexity index is 304. The van der Waals surface area contributed by atoms with Crippen LogP contribution in [-0.4, -0.2) is 22.3 Å². The highest BCUT2D eigenvalue weighted by Crippen LogP contribution is 2.11. The van der Waals surface area contributed by atoms with Crippen LogP contribution in [0.5, 0.6) is 5.75 Å². The smallest absolute Gasteiger partial charge is 0.335 e. The summed E-state index contributed by atoms with van der Waals surface area (Å²) in [6.45, 7) is 0. The monoisotopic (exact) mass is 195 g/mol. The second kappa shape index (κ2) is 4.62. The van der Waals surface area contributed by atoms with Crippen LogP contribution in [0.15, 0.2) is 24.3 Å². The fourth-order valence-corrected chi connectivity index (χ4v) is 1.03. The van der Waals surface area contributed by atoms with Gasteiger partial charge in [-0.15, -0.1) is 0 Å². The standard InChI is InChI=1S/C10H11O4/c1-14-10(13)9(12)6-7-2-4-8(11)5-3-7/h2-5,9,11-12H,1,6H2/t9-/m0/s1. The van der Waals surface area contributed by atoms with Gasteiger partial charge in [0.25, 0.3) is 0 Å². The summed E-state index contributed by atoms with van der Waals surface area (Å²) in [5.41, 5.74) is 0.737. The van der Waals surface area contributed by atoms with Gasteiger partial charge in [0.2, 0.25) is 0 Å². The van der Waals surface area contributed by atoms with Crippen molar-refractivity contribution in [3.05, 3.63) is 36.9 Å². The maximum atomic E-state index is 10.8. The zero-order valence-electron chi connectivity index (χ0n) is 7.51. The van der Waals surface area contributed by atoms with Crippen molar-refractivity contribution in [2.75, 3.05) is 0 Å². The number of carbonyl (C=O) groups excluding carboxylic acids is 1.